The summed E-state index contributed by atoms with van der Waals surface area (Å²) >= 11 is 1.67. The maximum absolute atomic E-state index is 12.1. The summed E-state index contributed by atoms with van der Waals surface area (Å²) in [6, 6.07) is 20.0. The van der Waals surface area contributed by atoms with E-state index in [1.54, 1.807) is 17.5 Å². The Morgan fingerprint density at radius 2 is 1.89 bits per heavy atom. The number of aromatic nitrogens is 1. The molecule has 0 aliphatic heterocycles. The van der Waals surface area contributed by atoms with E-state index in [2.05, 4.69) is 16.4 Å². The van der Waals surface area contributed by atoms with Gasteiger partial charge in [0.25, 0.3) is 5.91 Å². The van der Waals surface area contributed by atoms with E-state index in [1.807, 2.05) is 66.2 Å². The number of carbonyl (C=O) groups excluding carboxylic acids is 1. The molecule has 2 aromatic carbocycles. The molecule has 0 saturated carbocycles. The van der Waals surface area contributed by atoms with Gasteiger partial charge in [0.1, 0.15) is 5.75 Å². The molecule has 0 bridgehead atoms. The van der Waals surface area contributed by atoms with Crippen LogP contribution in [0.15, 0.2) is 78.4 Å². The normalized spacial score (nSPS) is 10.7. The molecule has 2 aromatic heterocycles. The van der Waals surface area contributed by atoms with E-state index in [0.29, 0.717) is 12.3 Å². The number of nitrogens with zero attached hydrogens (tertiary/aromatic N) is 1. The van der Waals surface area contributed by atoms with E-state index in [1.165, 1.54) is 0 Å². The van der Waals surface area contributed by atoms with Gasteiger partial charge in [-0.3, -0.25) is 9.78 Å². The molecule has 4 nitrogen and oxygen atoms in total. The van der Waals surface area contributed by atoms with Gasteiger partial charge in [0.15, 0.2) is 6.61 Å². The SMILES string of the molecule is O=C(COc1ccc2ccccc2c1)NCc1cncc(-c2cccs2)c1. The van der Waals surface area contributed by atoms with Gasteiger partial charge in [-0.25, -0.2) is 0 Å². The molecule has 4 aromatic rings. The van der Waals surface area contributed by atoms with Gasteiger partial charge in [-0.1, -0.05) is 36.4 Å². The van der Waals surface area contributed by atoms with Crippen molar-refractivity contribution in [2.24, 2.45) is 0 Å². The maximum atomic E-state index is 12.1. The van der Waals surface area contributed by atoms with E-state index >= 15 is 0 Å². The molecule has 0 radical (unpaired) electrons. The molecule has 4 rings (SSSR count). The van der Waals surface area contributed by atoms with E-state index in [4.69, 9.17) is 4.74 Å². The van der Waals surface area contributed by atoms with E-state index in [9.17, 15) is 4.79 Å². The first-order chi connectivity index (χ1) is 13.3. The molecule has 0 unspecified atom stereocenters. The number of carbonyl (C=O) groups is 1. The van der Waals surface area contributed by atoms with Crippen molar-refractivity contribution < 1.29 is 9.53 Å². The first kappa shape index (κ1) is 17.2. The van der Waals surface area contributed by atoms with Crippen molar-refractivity contribution in [2.45, 2.75) is 6.54 Å². The van der Waals surface area contributed by atoms with E-state index < -0.39 is 0 Å². The number of amides is 1. The number of hydrogen-bond acceptors (Lipinski definition) is 4. The fraction of sp³-hybridized carbons (Fsp3) is 0.0909. The summed E-state index contributed by atoms with van der Waals surface area (Å²) in [6.07, 6.45) is 3.60. The molecule has 0 aliphatic rings. The lowest BCUT2D eigenvalue weighted by atomic mass is 10.1. The van der Waals surface area contributed by atoms with Crippen LogP contribution in [0.3, 0.4) is 0 Å². The number of rotatable bonds is 6. The summed E-state index contributed by atoms with van der Waals surface area (Å²) in [4.78, 5) is 17.5. The van der Waals surface area contributed by atoms with Crippen molar-refractivity contribution in [2.75, 3.05) is 6.61 Å². The second-order valence-corrected chi connectivity index (χ2v) is 7.08. The van der Waals surface area contributed by atoms with Crippen LogP contribution in [0.2, 0.25) is 0 Å². The van der Waals surface area contributed by atoms with Gasteiger partial charge in [0.2, 0.25) is 0 Å². The van der Waals surface area contributed by atoms with Crippen LogP contribution >= 0.6 is 11.3 Å². The Kier molecular flexibility index (Phi) is 5.12. The van der Waals surface area contributed by atoms with Gasteiger partial charge in [-0.05, 0) is 46.0 Å². The molecule has 1 N–H and O–H groups in total. The van der Waals surface area contributed by atoms with Crippen molar-refractivity contribution in [3.63, 3.8) is 0 Å². The second-order valence-electron chi connectivity index (χ2n) is 6.13. The predicted molar refractivity (Wildman–Crippen MR) is 109 cm³/mol. The number of nitrogens with one attached hydrogen (secondary N) is 1. The predicted octanol–water partition coefficient (Wildman–Crippen LogP) is 4.66. The van der Waals surface area contributed by atoms with Crippen LogP contribution in [0.4, 0.5) is 0 Å². The Morgan fingerprint density at radius 3 is 2.74 bits per heavy atom. The zero-order valence-corrected chi connectivity index (χ0v) is 15.4. The third-order valence-electron chi connectivity index (χ3n) is 4.18. The molecular formula is C22H18N2O2S. The maximum Gasteiger partial charge on any atom is 0.258 e. The third-order valence-corrected chi connectivity index (χ3v) is 5.10. The third kappa shape index (κ3) is 4.33. The van der Waals surface area contributed by atoms with Crippen molar-refractivity contribution in [1.82, 2.24) is 10.3 Å². The lowest BCUT2D eigenvalue weighted by Gasteiger charge is -2.09. The highest BCUT2D eigenvalue weighted by Crippen LogP contribution is 2.24. The van der Waals surface area contributed by atoms with Crippen LogP contribution in [0.5, 0.6) is 5.75 Å². The number of hydrogen-bond donors (Lipinski definition) is 1. The summed E-state index contributed by atoms with van der Waals surface area (Å²) in [5, 5.41) is 7.15. The molecule has 0 aliphatic carbocycles. The van der Waals surface area contributed by atoms with E-state index in [0.717, 1.165) is 26.8 Å². The van der Waals surface area contributed by atoms with Gasteiger partial charge in [0.05, 0.1) is 0 Å². The number of fused-ring (bicyclic) bond motifs is 1. The average molecular weight is 374 g/mol. The molecule has 27 heavy (non-hydrogen) atoms. The van der Waals surface area contributed by atoms with Crippen molar-refractivity contribution in [3.05, 3.63) is 84.0 Å². The molecule has 0 fully saturated rings. The molecule has 5 heteroatoms. The highest BCUT2D eigenvalue weighted by Gasteiger charge is 2.06. The number of thiophene rings is 1. The van der Waals surface area contributed by atoms with Gasteiger partial charge < -0.3 is 10.1 Å². The zero-order valence-electron chi connectivity index (χ0n) is 14.6. The number of pyridine rings is 1. The molecule has 2 heterocycles. The monoisotopic (exact) mass is 374 g/mol. The highest BCUT2D eigenvalue weighted by atomic mass is 32.1. The average Bonchev–Trinajstić information content (AvgIpc) is 3.26. The van der Waals surface area contributed by atoms with Gasteiger partial charge >= 0.3 is 0 Å². The minimum atomic E-state index is -0.162. The Morgan fingerprint density at radius 1 is 1.00 bits per heavy atom. The molecule has 1 amide bonds. The minimum absolute atomic E-state index is 0.0175. The first-order valence-corrected chi connectivity index (χ1v) is 9.52. The van der Waals surface area contributed by atoms with Crippen LogP contribution in [0, 0.1) is 0 Å². The summed E-state index contributed by atoms with van der Waals surface area (Å²) in [7, 11) is 0. The van der Waals surface area contributed by atoms with Gasteiger partial charge in [-0.2, -0.15) is 0 Å². The quantitative estimate of drug-likeness (QED) is 0.534. The Hall–Kier alpha value is -3.18. The summed E-state index contributed by atoms with van der Waals surface area (Å²) in [5.41, 5.74) is 2.02. The smallest absolute Gasteiger partial charge is 0.258 e. The molecule has 134 valence electrons. The first-order valence-electron chi connectivity index (χ1n) is 8.64. The lowest BCUT2D eigenvalue weighted by Crippen LogP contribution is -2.28. The van der Waals surface area contributed by atoms with Crippen LogP contribution in [-0.2, 0) is 11.3 Å². The topological polar surface area (TPSA) is 51.2 Å². The second kappa shape index (κ2) is 8.01. The Balaban J connectivity index is 1.32. The number of benzene rings is 2. The summed E-state index contributed by atoms with van der Waals surface area (Å²) < 4.78 is 5.62. The van der Waals surface area contributed by atoms with Gasteiger partial charge in [0, 0.05) is 29.4 Å². The molecule has 0 saturated heterocycles. The van der Waals surface area contributed by atoms with Crippen molar-refractivity contribution in [3.8, 4) is 16.2 Å². The largest absolute Gasteiger partial charge is 0.484 e. The fourth-order valence-corrected chi connectivity index (χ4v) is 3.53. The number of ether oxygens (including phenoxy) is 1. The van der Waals surface area contributed by atoms with Crippen LogP contribution in [0.1, 0.15) is 5.56 Å². The lowest BCUT2D eigenvalue weighted by molar-refractivity contribution is -0.123. The highest BCUT2D eigenvalue weighted by molar-refractivity contribution is 7.13. The molecular weight excluding hydrogens is 356 g/mol. The van der Waals surface area contributed by atoms with Gasteiger partial charge in [-0.15, -0.1) is 11.3 Å². The minimum Gasteiger partial charge on any atom is -0.484 e. The Labute approximate surface area is 161 Å². The fourth-order valence-electron chi connectivity index (χ4n) is 2.82. The molecule has 0 atom stereocenters. The van der Waals surface area contributed by atoms with Crippen LogP contribution in [-0.4, -0.2) is 17.5 Å². The Bertz CT molecular complexity index is 1060. The van der Waals surface area contributed by atoms with Crippen molar-refractivity contribution >= 4 is 28.0 Å². The van der Waals surface area contributed by atoms with Crippen LogP contribution in [0.25, 0.3) is 21.2 Å². The van der Waals surface area contributed by atoms with Crippen LogP contribution < -0.4 is 10.1 Å². The standard InChI is InChI=1S/C22H18N2O2S/c25-22(15-26-20-8-7-17-4-1-2-5-18(17)11-20)24-13-16-10-19(14-23-12-16)21-6-3-9-27-21/h1-12,14H,13,15H2,(H,24,25). The van der Waals surface area contributed by atoms with E-state index in [-0.39, 0.29) is 12.5 Å². The zero-order chi connectivity index (χ0) is 18.5. The van der Waals surface area contributed by atoms with Crippen molar-refractivity contribution in [1.29, 1.82) is 0 Å². The molecule has 0 spiro atoms. The summed E-state index contributed by atoms with van der Waals surface area (Å²) in [6.45, 7) is 0.405. The summed E-state index contributed by atoms with van der Waals surface area (Å²) in [5.74, 6) is 0.523.